The highest BCUT2D eigenvalue weighted by atomic mass is 32.2. The minimum Gasteiger partial charge on any atom is -0.398 e. The first-order valence-electron chi connectivity index (χ1n) is 6.49. The first kappa shape index (κ1) is 15.5. The summed E-state index contributed by atoms with van der Waals surface area (Å²) in [6, 6.07) is 10.9. The van der Waals surface area contributed by atoms with Crippen molar-refractivity contribution in [2.24, 2.45) is 0 Å². The highest BCUT2D eigenvalue weighted by Gasteiger charge is 2.14. The highest BCUT2D eigenvalue weighted by molar-refractivity contribution is 7.89. The highest BCUT2D eigenvalue weighted by Crippen LogP contribution is 2.17. The predicted molar refractivity (Wildman–Crippen MR) is 80.9 cm³/mol. The monoisotopic (exact) mass is 308 g/mol. The molecule has 0 spiro atoms. The van der Waals surface area contributed by atoms with Gasteiger partial charge in [-0.15, -0.1) is 0 Å². The van der Waals surface area contributed by atoms with Crippen LogP contribution in [0.1, 0.15) is 11.1 Å². The predicted octanol–water partition coefficient (Wildman–Crippen LogP) is 2.24. The number of nitrogen functional groups attached to an aromatic ring is 1. The molecule has 0 fully saturated rings. The summed E-state index contributed by atoms with van der Waals surface area (Å²) in [4.78, 5) is 0.110. The Labute approximate surface area is 123 Å². The van der Waals surface area contributed by atoms with E-state index < -0.39 is 10.0 Å². The van der Waals surface area contributed by atoms with Crippen molar-refractivity contribution >= 4 is 15.7 Å². The molecular weight excluding hydrogens is 291 g/mol. The van der Waals surface area contributed by atoms with Crippen LogP contribution in [0.25, 0.3) is 0 Å². The third-order valence-electron chi connectivity index (χ3n) is 3.21. The molecule has 0 aliphatic heterocycles. The van der Waals surface area contributed by atoms with Gasteiger partial charge in [0.25, 0.3) is 0 Å². The summed E-state index contributed by atoms with van der Waals surface area (Å²) in [6.07, 6.45) is 0.285. The summed E-state index contributed by atoms with van der Waals surface area (Å²) in [7, 11) is -3.63. The van der Waals surface area contributed by atoms with Crippen LogP contribution in [-0.2, 0) is 16.4 Å². The maximum absolute atomic E-state index is 13.4. The van der Waals surface area contributed by atoms with Crippen molar-refractivity contribution in [3.63, 3.8) is 0 Å². The average molecular weight is 308 g/mol. The van der Waals surface area contributed by atoms with Crippen LogP contribution in [0.4, 0.5) is 10.1 Å². The molecule has 0 radical (unpaired) electrons. The van der Waals surface area contributed by atoms with E-state index in [1.165, 1.54) is 18.2 Å². The van der Waals surface area contributed by atoms with Crippen LogP contribution in [0.5, 0.6) is 0 Å². The number of sulfonamides is 1. The molecule has 0 bridgehead atoms. The smallest absolute Gasteiger partial charge is 0.240 e. The lowest BCUT2D eigenvalue weighted by Gasteiger charge is -2.09. The summed E-state index contributed by atoms with van der Waals surface area (Å²) in [5.41, 5.74) is 7.43. The van der Waals surface area contributed by atoms with Gasteiger partial charge in [0.15, 0.2) is 0 Å². The molecule has 3 N–H and O–H groups in total. The van der Waals surface area contributed by atoms with Crippen LogP contribution < -0.4 is 10.5 Å². The second-order valence-corrected chi connectivity index (χ2v) is 6.52. The van der Waals surface area contributed by atoms with Gasteiger partial charge in [0.05, 0.1) is 4.90 Å². The molecular formula is C15H17FN2O2S. The van der Waals surface area contributed by atoms with Crippen LogP contribution in [0.15, 0.2) is 47.4 Å². The molecule has 6 heteroatoms. The number of nitrogens with one attached hydrogen (secondary N) is 1. The minimum atomic E-state index is -3.63. The van der Waals surface area contributed by atoms with Gasteiger partial charge in [-0.25, -0.2) is 17.5 Å². The van der Waals surface area contributed by atoms with Gasteiger partial charge in [-0.1, -0.05) is 24.3 Å². The molecule has 0 saturated heterocycles. The van der Waals surface area contributed by atoms with Crippen molar-refractivity contribution in [1.29, 1.82) is 0 Å². The molecule has 0 atom stereocenters. The van der Waals surface area contributed by atoms with E-state index in [2.05, 4.69) is 4.72 Å². The molecule has 0 saturated carbocycles. The standard InChI is InChI=1S/C15H17FN2O2S/c1-11-6-7-13(10-15(11)17)21(19,20)18-9-8-12-4-2-3-5-14(12)16/h2-7,10,18H,8-9,17H2,1H3. The maximum atomic E-state index is 13.4. The van der Waals surface area contributed by atoms with E-state index in [1.807, 2.05) is 0 Å². The Morgan fingerprint density at radius 2 is 1.90 bits per heavy atom. The van der Waals surface area contributed by atoms with E-state index in [0.29, 0.717) is 11.3 Å². The van der Waals surface area contributed by atoms with Crippen molar-refractivity contribution in [2.75, 3.05) is 12.3 Å². The van der Waals surface area contributed by atoms with E-state index in [9.17, 15) is 12.8 Å². The lowest BCUT2D eigenvalue weighted by Crippen LogP contribution is -2.26. The molecule has 0 amide bonds. The molecule has 0 heterocycles. The molecule has 0 unspecified atom stereocenters. The second kappa shape index (κ2) is 6.24. The molecule has 2 aromatic rings. The number of aryl methyl sites for hydroxylation is 1. The fourth-order valence-electron chi connectivity index (χ4n) is 1.89. The van der Waals surface area contributed by atoms with E-state index in [4.69, 9.17) is 5.73 Å². The lowest BCUT2D eigenvalue weighted by molar-refractivity contribution is 0.577. The number of nitrogens with two attached hydrogens (primary N) is 1. The third-order valence-corrected chi connectivity index (χ3v) is 4.66. The average Bonchev–Trinajstić information content (AvgIpc) is 2.44. The quantitative estimate of drug-likeness (QED) is 0.832. The van der Waals surface area contributed by atoms with Crippen molar-refractivity contribution in [1.82, 2.24) is 4.72 Å². The molecule has 4 nitrogen and oxygen atoms in total. The van der Waals surface area contributed by atoms with Gasteiger partial charge in [0, 0.05) is 12.2 Å². The topological polar surface area (TPSA) is 72.2 Å². The number of hydrogen-bond acceptors (Lipinski definition) is 3. The second-order valence-electron chi connectivity index (χ2n) is 4.76. The zero-order valence-corrected chi connectivity index (χ0v) is 12.5. The SMILES string of the molecule is Cc1ccc(S(=O)(=O)NCCc2ccccc2F)cc1N. The number of rotatable bonds is 5. The molecule has 112 valence electrons. The summed E-state index contributed by atoms with van der Waals surface area (Å²) in [5, 5.41) is 0. The maximum Gasteiger partial charge on any atom is 0.240 e. The number of benzene rings is 2. The van der Waals surface area contributed by atoms with Crippen molar-refractivity contribution in [3.05, 3.63) is 59.4 Å². The Balaban J connectivity index is 2.05. The van der Waals surface area contributed by atoms with Gasteiger partial charge in [-0.3, -0.25) is 0 Å². The Hall–Kier alpha value is -1.92. The molecule has 21 heavy (non-hydrogen) atoms. The fraction of sp³-hybridized carbons (Fsp3) is 0.200. The van der Waals surface area contributed by atoms with Crippen LogP contribution in [0.2, 0.25) is 0 Å². The van der Waals surface area contributed by atoms with Crippen LogP contribution in [0.3, 0.4) is 0 Å². The van der Waals surface area contributed by atoms with Gasteiger partial charge in [-0.2, -0.15) is 0 Å². The van der Waals surface area contributed by atoms with E-state index >= 15 is 0 Å². The summed E-state index contributed by atoms with van der Waals surface area (Å²) < 4.78 is 40.1. The van der Waals surface area contributed by atoms with E-state index in [1.54, 1.807) is 31.2 Å². The number of anilines is 1. The van der Waals surface area contributed by atoms with Crippen molar-refractivity contribution < 1.29 is 12.8 Å². The molecule has 2 aromatic carbocycles. The first-order valence-corrected chi connectivity index (χ1v) is 7.97. The van der Waals surface area contributed by atoms with Gasteiger partial charge in [0.2, 0.25) is 10.0 Å². The zero-order chi connectivity index (χ0) is 15.5. The largest absolute Gasteiger partial charge is 0.398 e. The Kier molecular flexibility index (Phi) is 4.59. The summed E-state index contributed by atoms with van der Waals surface area (Å²) in [5.74, 6) is -0.337. The van der Waals surface area contributed by atoms with E-state index in [-0.39, 0.29) is 23.7 Å². The minimum absolute atomic E-state index is 0.110. The fourth-order valence-corrected chi connectivity index (χ4v) is 2.96. The third kappa shape index (κ3) is 3.80. The normalized spacial score (nSPS) is 11.5. The molecule has 2 rings (SSSR count). The van der Waals surface area contributed by atoms with Gasteiger partial charge in [0.1, 0.15) is 5.82 Å². The van der Waals surface area contributed by atoms with Gasteiger partial charge in [-0.05, 0) is 42.7 Å². The Morgan fingerprint density at radius 1 is 1.19 bits per heavy atom. The number of hydrogen-bond donors (Lipinski definition) is 2. The zero-order valence-electron chi connectivity index (χ0n) is 11.6. The van der Waals surface area contributed by atoms with Crippen LogP contribution >= 0.6 is 0 Å². The molecule has 0 aliphatic rings. The van der Waals surface area contributed by atoms with E-state index in [0.717, 1.165) is 5.56 Å². The molecule has 0 aliphatic carbocycles. The van der Waals surface area contributed by atoms with Gasteiger partial charge >= 0.3 is 0 Å². The van der Waals surface area contributed by atoms with Crippen molar-refractivity contribution in [2.45, 2.75) is 18.2 Å². The van der Waals surface area contributed by atoms with Crippen LogP contribution in [0, 0.1) is 12.7 Å². The van der Waals surface area contributed by atoms with Gasteiger partial charge < -0.3 is 5.73 Å². The Morgan fingerprint density at radius 3 is 2.57 bits per heavy atom. The van der Waals surface area contributed by atoms with Crippen LogP contribution in [-0.4, -0.2) is 15.0 Å². The Bertz CT molecular complexity index is 745. The lowest BCUT2D eigenvalue weighted by atomic mass is 10.1. The van der Waals surface area contributed by atoms with Crippen molar-refractivity contribution in [3.8, 4) is 0 Å². The summed E-state index contributed by atoms with van der Waals surface area (Å²) >= 11 is 0. The first-order chi connectivity index (χ1) is 9.90. The summed E-state index contributed by atoms with van der Waals surface area (Å²) in [6.45, 7) is 1.92. The molecule has 0 aromatic heterocycles. The number of halogens is 1.